The number of fused-ring (bicyclic) bond motifs is 14. The molecule has 6 aliphatic heterocycles. The third-order valence-electron chi connectivity index (χ3n) is 17.0. The van der Waals surface area contributed by atoms with Crippen molar-refractivity contribution in [3.05, 3.63) is 164 Å². The molecule has 0 radical (unpaired) electrons. The molecule has 7 aromatic carbocycles. The number of unbranched alkanes of at least 4 members (excludes halogenated alkanes) is 6. The molecule has 500 valence electrons. The zero-order valence-corrected chi connectivity index (χ0v) is 52.6. The third kappa shape index (κ3) is 14.1. The van der Waals surface area contributed by atoms with Gasteiger partial charge >= 0.3 is 5.97 Å². The number of benzene rings is 7. The van der Waals surface area contributed by atoms with Crippen molar-refractivity contribution in [2.75, 3.05) is 6.54 Å². The van der Waals surface area contributed by atoms with E-state index >= 15 is 14.4 Å². The van der Waals surface area contributed by atoms with Gasteiger partial charge in [-0.1, -0.05) is 92.9 Å². The fourth-order valence-corrected chi connectivity index (χ4v) is 12.4. The molecule has 1 unspecified atom stereocenters. The number of carboxylic acid groups (broad SMARTS) is 1. The number of carboxylic acids is 1. The highest BCUT2D eigenvalue weighted by molar-refractivity contribution is 6.32. The lowest BCUT2D eigenvalue weighted by Crippen LogP contribution is -2.55. The highest BCUT2D eigenvalue weighted by Crippen LogP contribution is 2.49. The van der Waals surface area contributed by atoms with Crippen LogP contribution in [0.5, 0.6) is 69.0 Å². The fraction of sp³-hybridized carbons (Fsp3) is 0.279. The summed E-state index contributed by atoms with van der Waals surface area (Å²) in [6.45, 7) is 2.36. The van der Waals surface area contributed by atoms with Gasteiger partial charge < -0.3 is 98.0 Å². The fourth-order valence-electron chi connectivity index (χ4n) is 11.9. The maximum absolute atomic E-state index is 15.9. The van der Waals surface area contributed by atoms with Gasteiger partial charge in [-0.2, -0.15) is 0 Å². The number of nitrogens with two attached hydrogens (primary N) is 1. The Morgan fingerprint density at radius 3 is 1.81 bits per heavy atom. The second-order valence-corrected chi connectivity index (χ2v) is 24.5. The minimum atomic E-state index is -2.21. The van der Waals surface area contributed by atoms with Crippen LogP contribution in [0.2, 0.25) is 10.0 Å². The van der Waals surface area contributed by atoms with Crippen LogP contribution in [0, 0.1) is 0 Å². The molecule has 0 aliphatic carbocycles. The van der Waals surface area contributed by atoms with Crippen LogP contribution >= 0.6 is 23.2 Å². The molecule has 17 N–H and O–H groups in total. The average molecular weight is 1350 g/mol. The van der Waals surface area contributed by atoms with E-state index in [1.165, 1.54) is 54.6 Å². The number of ether oxygens (including phenoxy) is 3. The number of aromatic hydroxyl groups is 6. The molecule has 0 saturated carbocycles. The van der Waals surface area contributed by atoms with Crippen molar-refractivity contribution < 1.29 is 88.6 Å². The first-order chi connectivity index (χ1) is 45.9. The van der Waals surface area contributed by atoms with Crippen molar-refractivity contribution >= 4 is 64.6 Å². The Bertz CT molecular complexity index is 4290. The van der Waals surface area contributed by atoms with Crippen molar-refractivity contribution in [1.29, 1.82) is 0 Å². The summed E-state index contributed by atoms with van der Waals surface area (Å²) in [5.41, 5.74) is 4.38. The van der Waals surface area contributed by atoms with Gasteiger partial charge in [0.25, 0.3) is 0 Å². The van der Waals surface area contributed by atoms with E-state index in [-0.39, 0.29) is 85.0 Å². The zero-order chi connectivity index (χ0) is 68.4. The van der Waals surface area contributed by atoms with Gasteiger partial charge in [-0.3, -0.25) is 28.8 Å². The molecule has 6 heterocycles. The number of hydrogen-bond acceptors (Lipinski definition) is 19. The number of carbonyl (C=O) groups excluding carboxylic acids is 6. The Hall–Kier alpha value is -10.5. The standard InChI is InChI=1S/C68H66Cl2N8O18/c1-2-3-4-5-6-7-8-17-72-29-40-46(82)28-39-52(60(40)84)38-22-32(11-13-44(38)80)54-64(88)78-58(67(91)77-57(39)68(92)93)59(83)33-12-16-48(42(70)23-33)96-51-26-35-25-50(61(51)85)95-47-15-9-30(18-41(47)69)19-43-62(86)74-55(65(89)76-56(35)66(90)75-54)34-20-36(79)27-37(21-34)94-49-24-31(10-14-45(49)81)53(71)63(87)73-43/h9-16,18,20-28,43,53-59,72,79-85H,2-8,17,19,29,71H2,1H3,(H,73,87)(H,74,86)(H,75,90)(H,76,89)(H,77,91)(H,78,88)(H,92,93)/t43-,53+,54-,55-,56-,57-,58-,59?/m0/s1. The number of aliphatic hydroxyl groups is 1. The molecule has 28 heteroatoms. The number of carbonyl (C=O) groups is 7. The topological polar surface area (TPSA) is 419 Å². The first-order valence-electron chi connectivity index (χ1n) is 30.7. The molecule has 0 aromatic heterocycles. The number of phenols is 6. The van der Waals surface area contributed by atoms with E-state index in [4.69, 9.17) is 43.1 Å². The van der Waals surface area contributed by atoms with E-state index in [0.29, 0.717) is 12.1 Å². The van der Waals surface area contributed by atoms with Gasteiger partial charge in [0, 0.05) is 35.7 Å². The predicted molar refractivity (Wildman–Crippen MR) is 345 cm³/mol. The molecule has 13 rings (SSSR count). The van der Waals surface area contributed by atoms with Crippen molar-refractivity contribution in [3.8, 4) is 80.1 Å². The van der Waals surface area contributed by atoms with E-state index in [9.17, 15) is 60.0 Å². The maximum atomic E-state index is 15.9. The lowest BCUT2D eigenvalue weighted by atomic mass is 9.88. The minimum absolute atomic E-state index is 0.121. The maximum Gasteiger partial charge on any atom is 0.330 e. The van der Waals surface area contributed by atoms with Gasteiger partial charge in [0.05, 0.1) is 15.6 Å². The summed E-state index contributed by atoms with van der Waals surface area (Å²) in [4.78, 5) is 105. The molecule has 26 nitrogen and oxygen atoms in total. The number of rotatable bonds is 11. The van der Waals surface area contributed by atoms with Gasteiger partial charge in [0.15, 0.2) is 29.0 Å². The van der Waals surface area contributed by atoms with Crippen LogP contribution in [-0.2, 0) is 46.5 Å². The van der Waals surface area contributed by atoms with E-state index in [1.807, 2.05) is 0 Å². The SMILES string of the molecule is CCCCCCCCCNCc1c(O)cc2c(c1O)-c1cc(ccc1O)[C@@H]1NC(=O)[C@H]3NC(=O)[C@H]4NC(=O)[C@H](Cc5ccc(c(Cl)c5)Oc5cc3cc(c5O)Oc3ccc(cc3Cl)C(O)[C@H](NC1=O)C(=O)N[C@@H]2C(=O)O)NC(=O)[C@H](N)c1ccc(O)c(c1)Oc1cc(O)cc4c1. The summed E-state index contributed by atoms with van der Waals surface area (Å²) >= 11 is 13.8. The Labute approximate surface area is 557 Å². The normalized spacial score (nSPS) is 20.9. The number of hydrogen-bond donors (Lipinski definition) is 16. The van der Waals surface area contributed by atoms with Crippen LogP contribution < -0.4 is 57.2 Å². The van der Waals surface area contributed by atoms with Crippen molar-refractivity contribution in [3.63, 3.8) is 0 Å². The quantitative estimate of drug-likeness (QED) is 0.0548. The second kappa shape index (κ2) is 28.2. The van der Waals surface area contributed by atoms with Crippen LogP contribution in [0.1, 0.15) is 133 Å². The monoisotopic (exact) mass is 1350 g/mol. The lowest BCUT2D eigenvalue weighted by molar-refractivity contribution is -0.143. The molecule has 7 aromatic rings. The molecular weight excluding hydrogens is 1290 g/mol. The van der Waals surface area contributed by atoms with Crippen molar-refractivity contribution in [2.24, 2.45) is 5.73 Å². The summed E-state index contributed by atoms with van der Waals surface area (Å²) in [7, 11) is 0. The summed E-state index contributed by atoms with van der Waals surface area (Å²) in [6, 6.07) is 7.63. The summed E-state index contributed by atoms with van der Waals surface area (Å²) in [6.07, 6.45) is 4.46. The van der Waals surface area contributed by atoms with Gasteiger partial charge in [0.1, 0.15) is 82.6 Å². The average Bonchev–Trinajstić information content (AvgIpc) is 0.766. The van der Waals surface area contributed by atoms with E-state index in [0.717, 1.165) is 99.5 Å². The van der Waals surface area contributed by atoms with Crippen molar-refractivity contribution in [1.82, 2.24) is 37.2 Å². The smallest absolute Gasteiger partial charge is 0.330 e. The summed E-state index contributed by atoms with van der Waals surface area (Å²) < 4.78 is 18.5. The molecule has 6 aliphatic rings. The Kier molecular flexibility index (Phi) is 19.7. The summed E-state index contributed by atoms with van der Waals surface area (Å²) in [5.74, 6) is -14.7. The third-order valence-corrected chi connectivity index (χ3v) is 17.6. The van der Waals surface area contributed by atoms with Gasteiger partial charge in [-0.25, -0.2) is 4.79 Å². The number of nitrogens with one attached hydrogen (secondary N) is 7. The molecule has 0 saturated heterocycles. The van der Waals surface area contributed by atoms with Gasteiger partial charge in [-0.15, -0.1) is 0 Å². The largest absolute Gasteiger partial charge is 0.508 e. The predicted octanol–water partition coefficient (Wildman–Crippen LogP) is 7.83. The van der Waals surface area contributed by atoms with Crippen LogP contribution in [0.15, 0.2) is 109 Å². The molecule has 0 spiro atoms. The lowest BCUT2D eigenvalue weighted by Gasteiger charge is -2.31. The van der Waals surface area contributed by atoms with E-state index in [2.05, 4.69) is 44.1 Å². The molecule has 17 bridgehead atoms. The second-order valence-electron chi connectivity index (χ2n) is 23.7. The Morgan fingerprint density at radius 1 is 0.542 bits per heavy atom. The number of amides is 6. The highest BCUT2D eigenvalue weighted by atomic mass is 35.5. The summed E-state index contributed by atoms with van der Waals surface area (Å²) in [5, 5.41) is 111. The number of halogens is 2. The van der Waals surface area contributed by atoms with Crippen LogP contribution in [0.25, 0.3) is 11.1 Å². The van der Waals surface area contributed by atoms with Gasteiger partial charge in [-0.05, 0) is 125 Å². The van der Waals surface area contributed by atoms with Crippen LogP contribution in [-0.4, -0.2) is 101 Å². The van der Waals surface area contributed by atoms with Crippen LogP contribution in [0.3, 0.4) is 0 Å². The minimum Gasteiger partial charge on any atom is -0.508 e. The van der Waals surface area contributed by atoms with E-state index in [1.54, 1.807) is 0 Å². The first kappa shape index (κ1) is 66.9. The van der Waals surface area contributed by atoms with Crippen molar-refractivity contribution in [2.45, 2.75) is 113 Å². The highest BCUT2D eigenvalue weighted by Gasteiger charge is 2.42. The molecule has 0 fully saturated rings. The Balaban J connectivity index is 1.10. The molecular formula is C68H66Cl2N8O18. The number of phenolic OH excluding ortho intramolecular Hbond substituents is 6. The van der Waals surface area contributed by atoms with E-state index < -0.39 is 147 Å². The van der Waals surface area contributed by atoms with Gasteiger partial charge in [0.2, 0.25) is 41.2 Å². The molecule has 96 heavy (non-hydrogen) atoms. The zero-order valence-electron chi connectivity index (χ0n) is 51.1. The first-order valence-corrected chi connectivity index (χ1v) is 31.5. The molecule has 8 atom stereocenters. The van der Waals surface area contributed by atoms with Crippen LogP contribution in [0.4, 0.5) is 0 Å². The number of aliphatic carboxylic acids is 1. The number of aliphatic hydroxyl groups excluding tert-OH is 1. The Morgan fingerprint density at radius 2 is 1.14 bits per heavy atom. The molecule has 6 amide bonds.